The highest BCUT2D eigenvalue weighted by Crippen LogP contribution is 2.15. The number of aromatic carboxylic acids is 1. The van der Waals surface area contributed by atoms with E-state index in [-0.39, 0.29) is 5.56 Å². The van der Waals surface area contributed by atoms with Crippen LogP contribution in [0.4, 0.5) is 5.69 Å². The molecule has 0 fully saturated rings. The zero-order valence-corrected chi connectivity index (χ0v) is 14.9. The Balaban J connectivity index is 1.57. The number of hydrazone groups is 1. The summed E-state index contributed by atoms with van der Waals surface area (Å²) in [5.41, 5.74) is 7.06. The van der Waals surface area contributed by atoms with Crippen LogP contribution in [0, 0.1) is 6.92 Å². The van der Waals surface area contributed by atoms with Gasteiger partial charge in [-0.05, 0) is 54.4 Å². The van der Waals surface area contributed by atoms with Crippen LogP contribution in [0.2, 0.25) is 0 Å². The van der Waals surface area contributed by atoms with Crippen LogP contribution in [0.5, 0.6) is 5.75 Å². The molecule has 3 rings (SSSR count). The first-order chi connectivity index (χ1) is 13.1. The van der Waals surface area contributed by atoms with Crippen LogP contribution in [0.25, 0.3) is 0 Å². The predicted octanol–water partition coefficient (Wildman–Crippen LogP) is 4.72. The van der Waals surface area contributed by atoms with Gasteiger partial charge in [-0.25, -0.2) is 4.79 Å². The predicted molar refractivity (Wildman–Crippen MR) is 107 cm³/mol. The van der Waals surface area contributed by atoms with E-state index in [0.717, 1.165) is 16.9 Å². The van der Waals surface area contributed by atoms with Crippen molar-refractivity contribution < 1.29 is 14.6 Å². The van der Waals surface area contributed by atoms with Crippen molar-refractivity contribution in [3.8, 4) is 5.75 Å². The van der Waals surface area contributed by atoms with Crippen molar-refractivity contribution in [2.45, 2.75) is 13.5 Å². The molecule has 5 nitrogen and oxygen atoms in total. The molecule has 5 heteroatoms. The zero-order chi connectivity index (χ0) is 19.1. The van der Waals surface area contributed by atoms with Gasteiger partial charge in [0.2, 0.25) is 0 Å². The molecule has 0 unspecified atom stereocenters. The normalized spacial score (nSPS) is 10.7. The summed E-state index contributed by atoms with van der Waals surface area (Å²) in [5, 5.41) is 13.1. The van der Waals surface area contributed by atoms with Gasteiger partial charge in [0.15, 0.2) is 0 Å². The maximum absolute atomic E-state index is 10.8. The molecular formula is C22H20N2O3. The van der Waals surface area contributed by atoms with Gasteiger partial charge < -0.3 is 9.84 Å². The molecule has 0 atom stereocenters. The third-order valence-electron chi connectivity index (χ3n) is 3.92. The van der Waals surface area contributed by atoms with E-state index in [1.54, 1.807) is 18.3 Å². The lowest BCUT2D eigenvalue weighted by atomic mass is 10.2. The van der Waals surface area contributed by atoms with Crippen LogP contribution in [-0.4, -0.2) is 17.3 Å². The van der Waals surface area contributed by atoms with E-state index in [1.807, 2.05) is 24.3 Å². The summed E-state index contributed by atoms with van der Waals surface area (Å²) in [6, 6.07) is 22.3. The molecular weight excluding hydrogens is 340 g/mol. The summed E-state index contributed by atoms with van der Waals surface area (Å²) in [4.78, 5) is 10.8. The second-order valence-electron chi connectivity index (χ2n) is 6.10. The Morgan fingerprint density at radius 1 is 1.07 bits per heavy atom. The Labute approximate surface area is 157 Å². The second kappa shape index (κ2) is 8.67. The van der Waals surface area contributed by atoms with E-state index < -0.39 is 5.97 Å². The molecule has 136 valence electrons. The van der Waals surface area contributed by atoms with Crippen molar-refractivity contribution in [3.05, 3.63) is 95.1 Å². The van der Waals surface area contributed by atoms with Crippen molar-refractivity contribution in [1.82, 2.24) is 0 Å². The standard InChI is InChI=1S/C22H20N2O3/c1-16-5-7-17(8-6-16)15-27-21-4-2-3-18(13-21)14-23-24-20-11-9-19(10-12-20)22(25)26/h2-14,24H,15H2,1H3,(H,25,26). The van der Waals surface area contributed by atoms with Gasteiger partial charge >= 0.3 is 5.97 Å². The second-order valence-corrected chi connectivity index (χ2v) is 6.10. The molecule has 0 saturated carbocycles. The van der Waals surface area contributed by atoms with E-state index >= 15 is 0 Å². The van der Waals surface area contributed by atoms with E-state index in [0.29, 0.717) is 12.3 Å². The monoisotopic (exact) mass is 360 g/mol. The highest BCUT2D eigenvalue weighted by Gasteiger charge is 2.01. The average Bonchev–Trinajstić information content (AvgIpc) is 2.68. The van der Waals surface area contributed by atoms with Gasteiger partial charge in [-0.3, -0.25) is 5.43 Å². The number of nitrogens with zero attached hydrogens (tertiary/aromatic N) is 1. The summed E-state index contributed by atoms with van der Waals surface area (Å²) in [6.45, 7) is 2.57. The maximum atomic E-state index is 10.8. The molecule has 3 aromatic carbocycles. The molecule has 2 N–H and O–H groups in total. The first-order valence-corrected chi connectivity index (χ1v) is 8.51. The zero-order valence-electron chi connectivity index (χ0n) is 14.9. The highest BCUT2D eigenvalue weighted by atomic mass is 16.5. The summed E-state index contributed by atoms with van der Waals surface area (Å²) in [7, 11) is 0. The van der Waals surface area contributed by atoms with E-state index in [9.17, 15) is 4.79 Å². The fourth-order valence-electron chi connectivity index (χ4n) is 2.40. The Morgan fingerprint density at radius 3 is 2.52 bits per heavy atom. The summed E-state index contributed by atoms with van der Waals surface area (Å²) < 4.78 is 5.84. The van der Waals surface area contributed by atoms with Gasteiger partial charge in [-0.2, -0.15) is 5.10 Å². The van der Waals surface area contributed by atoms with Crippen molar-refractivity contribution in [2.24, 2.45) is 5.10 Å². The maximum Gasteiger partial charge on any atom is 0.335 e. The minimum absolute atomic E-state index is 0.239. The number of carboxylic acids is 1. The number of hydrogen-bond donors (Lipinski definition) is 2. The Hall–Kier alpha value is -3.60. The molecule has 0 aromatic heterocycles. The molecule has 0 radical (unpaired) electrons. The molecule has 3 aromatic rings. The fraction of sp³-hybridized carbons (Fsp3) is 0.0909. The minimum Gasteiger partial charge on any atom is -0.489 e. The molecule has 0 aliphatic carbocycles. The smallest absolute Gasteiger partial charge is 0.335 e. The van der Waals surface area contributed by atoms with E-state index in [2.05, 4.69) is 41.7 Å². The molecule has 27 heavy (non-hydrogen) atoms. The number of nitrogens with one attached hydrogen (secondary N) is 1. The molecule has 0 saturated heterocycles. The average molecular weight is 360 g/mol. The number of ether oxygens (including phenoxy) is 1. The van der Waals surface area contributed by atoms with Gasteiger partial charge in [0, 0.05) is 0 Å². The minimum atomic E-state index is -0.951. The molecule has 0 bridgehead atoms. The third-order valence-corrected chi connectivity index (χ3v) is 3.92. The number of anilines is 1. The van der Waals surface area contributed by atoms with E-state index in [4.69, 9.17) is 9.84 Å². The van der Waals surface area contributed by atoms with Crippen molar-refractivity contribution in [1.29, 1.82) is 0 Å². The van der Waals surface area contributed by atoms with Crippen molar-refractivity contribution in [3.63, 3.8) is 0 Å². The first-order valence-electron chi connectivity index (χ1n) is 8.51. The Morgan fingerprint density at radius 2 is 1.81 bits per heavy atom. The number of benzene rings is 3. The molecule has 0 spiro atoms. The number of carbonyl (C=O) groups is 1. The summed E-state index contributed by atoms with van der Waals surface area (Å²) in [5.74, 6) is -0.183. The SMILES string of the molecule is Cc1ccc(COc2cccc(C=NNc3ccc(C(=O)O)cc3)c2)cc1. The van der Waals surface area contributed by atoms with Crippen LogP contribution in [0.3, 0.4) is 0 Å². The fourth-order valence-corrected chi connectivity index (χ4v) is 2.40. The Kier molecular flexibility index (Phi) is 5.84. The lowest BCUT2D eigenvalue weighted by molar-refractivity contribution is 0.0697. The van der Waals surface area contributed by atoms with Crippen LogP contribution < -0.4 is 10.2 Å². The highest BCUT2D eigenvalue weighted by molar-refractivity contribution is 5.88. The van der Waals surface area contributed by atoms with Gasteiger partial charge in [0.25, 0.3) is 0 Å². The lowest BCUT2D eigenvalue weighted by Crippen LogP contribution is -1.97. The van der Waals surface area contributed by atoms with Crippen LogP contribution in [0.1, 0.15) is 27.0 Å². The summed E-state index contributed by atoms with van der Waals surface area (Å²) >= 11 is 0. The van der Waals surface area contributed by atoms with Crippen LogP contribution >= 0.6 is 0 Å². The number of hydrogen-bond acceptors (Lipinski definition) is 4. The number of aryl methyl sites for hydroxylation is 1. The largest absolute Gasteiger partial charge is 0.489 e. The number of rotatable bonds is 7. The van der Waals surface area contributed by atoms with Crippen molar-refractivity contribution in [2.75, 3.05) is 5.43 Å². The summed E-state index contributed by atoms with van der Waals surface area (Å²) in [6.07, 6.45) is 1.68. The van der Waals surface area contributed by atoms with Crippen molar-refractivity contribution >= 4 is 17.9 Å². The lowest BCUT2D eigenvalue weighted by Gasteiger charge is -2.07. The topological polar surface area (TPSA) is 70.9 Å². The van der Waals surface area contributed by atoms with E-state index in [1.165, 1.54) is 17.7 Å². The quantitative estimate of drug-likeness (QED) is 0.472. The molecule has 0 aliphatic rings. The van der Waals surface area contributed by atoms with Crippen LogP contribution in [0.15, 0.2) is 77.9 Å². The molecule has 0 amide bonds. The number of carboxylic acid groups (broad SMARTS) is 1. The Bertz CT molecular complexity index is 933. The van der Waals surface area contributed by atoms with Gasteiger partial charge in [0.1, 0.15) is 12.4 Å². The first kappa shape index (κ1) is 18.2. The molecule has 0 heterocycles. The molecule has 0 aliphatic heterocycles. The third kappa shape index (κ3) is 5.44. The van der Waals surface area contributed by atoms with Gasteiger partial charge in [-0.15, -0.1) is 0 Å². The van der Waals surface area contributed by atoms with Gasteiger partial charge in [0.05, 0.1) is 17.5 Å². The van der Waals surface area contributed by atoms with Gasteiger partial charge in [-0.1, -0.05) is 42.0 Å². The van der Waals surface area contributed by atoms with Crippen LogP contribution in [-0.2, 0) is 6.61 Å².